The third-order valence-electron chi connectivity index (χ3n) is 3.99. The van der Waals surface area contributed by atoms with Crippen LogP contribution in [0.5, 0.6) is 17.4 Å². The number of Topliss-reactive ketones (excluding diaryl/α,β-unsaturated/α-hetero) is 1. The Morgan fingerprint density at radius 2 is 1.96 bits per heavy atom. The average molecular weight is 377 g/mol. The summed E-state index contributed by atoms with van der Waals surface area (Å²) >= 11 is 6.01. The number of aromatic nitrogens is 1. The summed E-state index contributed by atoms with van der Waals surface area (Å²) in [6.45, 7) is 9.24. The molecule has 26 heavy (non-hydrogen) atoms. The fraction of sp³-hybridized carbons (Fsp3) is 0.400. The van der Waals surface area contributed by atoms with Gasteiger partial charge in [-0.1, -0.05) is 18.5 Å². The molecule has 0 unspecified atom stereocenters. The fourth-order valence-corrected chi connectivity index (χ4v) is 2.99. The van der Waals surface area contributed by atoms with Crippen LogP contribution in [0.25, 0.3) is 0 Å². The van der Waals surface area contributed by atoms with Crippen LogP contribution in [0.2, 0.25) is 5.02 Å². The maximum atomic E-state index is 12.4. The van der Waals surface area contributed by atoms with Crippen molar-refractivity contribution in [3.8, 4) is 17.4 Å². The molecule has 0 saturated heterocycles. The Hall–Kier alpha value is -2.27. The van der Waals surface area contributed by atoms with E-state index in [-0.39, 0.29) is 11.7 Å². The fourth-order valence-electron chi connectivity index (χ4n) is 2.83. The Labute approximate surface area is 159 Å². The highest BCUT2D eigenvalue weighted by Crippen LogP contribution is 2.37. The summed E-state index contributed by atoms with van der Waals surface area (Å²) < 4.78 is 11.3. The highest BCUT2D eigenvalue weighted by Gasteiger charge is 2.22. The normalized spacial score (nSPS) is 10.5. The molecule has 0 aliphatic rings. The molecule has 2 aromatic rings. The highest BCUT2D eigenvalue weighted by atomic mass is 35.5. The van der Waals surface area contributed by atoms with Gasteiger partial charge in [0.05, 0.1) is 12.8 Å². The van der Waals surface area contributed by atoms with Crippen molar-refractivity contribution in [2.45, 2.75) is 34.1 Å². The zero-order valence-electron chi connectivity index (χ0n) is 15.9. The first-order valence-corrected chi connectivity index (χ1v) is 9.07. The predicted molar refractivity (Wildman–Crippen MR) is 105 cm³/mol. The SMILES string of the molecule is CCCN(CC)c1cc(C)nc(Oc2ccc(Cl)cc2OC)c1C(C)=O. The number of rotatable bonds is 8. The monoisotopic (exact) mass is 376 g/mol. The molecule has 1 aromatic heterocycles. The van der Waals surface area contributed by atoms with Gasteiger partial charge in [0.15, 0.2) is 17.3 Å². The highest BCUT2D eigenvalue weighted by molar-refractivity contribution is 6.30. The molecule has 0 bridgehead atoms. The predicted octanol–water partition coefficient (Wildman–Crippen LogP) is 5.28. The molecule has 0 saturated carbocycles. The Bertz CT molecular complexity index is 793. The summed E-state index contributed by atoms with van der Waals surface area (Å²) in [6, 6.07) is 7.01. The van der Waals surface area contributed by atoms with E-state index in [1.54, 1.807) is 25.3 Å². The van der Waals surface area contributed by atoms with Crippen molar-refractivity contribution in [3.05, 3.63) is 40.5 Å². The number of ether oxygens (including phenoxy) is 2. The van der Waals surface area contributed by atoms with Gasteiger partial charge < -0.3 is 14.4 Å². The number of hydrogen-bond acceptors (Lipinski definition) is 5. The lowest BCUT2D eigenvalue weighted by atomic mass is 10.1. The largest absolute Gasteiger partial charge is 0.493 e. The summed E-state index contributed by atoms with van der Waals surface area (Å²) in [5.74, 6) is 1.13. The van der Waals surface area contributed by atoms with Crippen molar-refractivity contribution in [1.29, 1.82) is 0 Å². The molecule has 0 spiro atoms. The van der Waals surface area contributed by atoms with E-state index in [9.17, 15) is 4.79 Å². The van der Waals surface area contributed by atoms with Crippen LogP contribution in [0.4, 0.5) is 5.69 Å². The van der Waals surface area contributed by atoms with Gasteiger partial charge in [0, 0.05) is 29.9 Å². The van der Waals surface area contributed by atoms with Crippen LogP contribution in [0, 0.1) is 6.92 Å². The van der Waals surface area contributed by atoms with Crippen LogP contribution in [-0.4, -0.2) is 31.0 Å². The number of benzene rings is 1. The summed E-state index contributed by atoms with van der Waals surface area (Å²) in [7, 11) is 1.54. The molecule has 0 aliphatic heterocycles. The maximum absolute atomic E-state index is 12.4. The molecule has 0 amide bonds. The molecular formula is C20H25ClN2O3. The zero-order chi connectivity index (χ0) is 19.3. The smallest absolute Gasteiger partial charge is 0.232 e. The number of nitrogens with zero attached hydrogens (tertiary/aromatic N) is 2. The summed E-state index contributed by atoms with van der Waals surface area (Å²) in [5.41, 5.74) is 2.10. The first-order valence-electron chi connectivity index (χ1n) is 8.70. The number of hydrogen-bond donors (Lipinski definition) is 0. The lowest BCUT2D eigenvalue weighted by Gasteiger charge is -2.26. The van der Waals surface area contributed by atoms with Gasteiger partial charge in [-0.3, -0.25) is 4.79 Å². The van der Waals surface area contributed by atoms with Crippen LogP contribution < -0.4 is 14.4 Å². The minimum absolute atomic E-state index is 0.0926. The molecule has 0 N–H and O–H groups in total. The minimum Gasteiger partial charge on any atom is -0.493 e. The van der Waals surface area contributed by atoms with E-state index in [1.165, 1.54) is 6.92 Å². The number of methoxy groups -OCH3 is 1. The van der Waals surface area contributed by atoms with Gasteiger partial charge in [-0.15, -0.1) is 0 Å². The van der Waals surface area contributed by atoms with Gasteiger partial charge >= 0.3 is 0 Å². The number of anilines is 1. The van der Waals surface area contributed by atoms with Crippen molar-refractivity contribution in [1.82, 2.24) is 4.98 Å². The third-order valence-corrected chi connectivity index (χ3v) is 4.23. The molecule has 0 radical (unpaired) electrons. The molecule has 1 aromatic carbocycles. The Balaban J connectivity index is 2.58. The molecular weight excluding hydrogens is 352 g/mol. The van der Waals surface area contributed by atoms with Gasteiger partial charge in [-0.2, -0.15) is 0 Å². The minimum atomic E-state index is -0.0926. The summed E-state index contributed by atoms with van der Waals surface area (Å²) in [6.07, 6.45) is 0.980. The Morgan fingerprint density at radius 1 is 1.23 bits per heavy atom. The number of pyridine rings is 1. The Kier molecular flexibility index (Phi) is 6.86. The lowest BCUT2D eigenvalue weighted by molar-refractivity contribution is 0.101. The number of carbonyl (C=O) groups excluding carboxylic acids is 1. The summed E-state index contributed by atoms with van der Waals surface area (Å²) in [5, 5.41) is 0.541. The van der Waals surface area contributed by atoms with Crippen molar-refractivity contribution in [2.24, 2.45) is 0 Å². The molecule has 5 nitrogen and oxygen atoms in total. The molecule has 6 heteroatoms. The van der Waals surface area contributed by atoms with Gasteiger partial charge in [0.1, 0.15) is 5.56 Å². The van der Waals surface area contributed by atoms with Crippen molar-refractivity contribution < 1.29 is 14.3 Å². The molecule has 140 valence electrons. The van der Waals surface area contributed by atoms with Crippen LogP contribution in [0.1, 0.15) is 43.2 Å². The van der Waals surface area contributed by atoms with Gasteiger partial charge in [-0.05, 0) is 45.4 Å². The Morgan fingerprint density at radius 3 is 2.54 bits per heavy atom. The maximum Gasteiger partial charge on any atom is 0.232 e. The lowest BCUT2D eigenvalue weighted by Crippen LogP contribution is -2.26. The van der Waals surface area contributed by atoms with E-state index in [1.807, 2.05) is 13.0 Å². The quantitative estimate of drug-likeness (QED) is 0.586. The van der Waals surface area contributed by atoms with E-state index in [2.05, 4.69) is 23.7 Å². The number of ketones is 1. The van der Waals surface area contributed by atoms with Crippen LogP contribution in [0.15, 0.2) is 24.3 Å². The van der Waals surface area contributed by atoms with Crippen LogP contribution in [-0.2, 0) is 0 Å². The van der Waals surface area contributed by atoms with Gasteiger partial charge in [0.25, 0.3) is 0 Å². The third kappa shape index (κ3) is 4.47. The molecule has 0 fully saturated rings. The van der Waals surface area contributed by atoms with Crippen molar-refractivity contribution >= 4 is 23.1 Å². The standard InChI is InChI=1S/C20H25ClN2O3/c1-6-10-23(7-2)16-11-13(3)22-20(19(16)14(4)24)26-17-9-8-15(21)12-18(17)25-5/h8-9,11-12H,6-7,10H2,1-5H3. The van der Waals surface area contributed by atoms with Crippen LogP contribution >= 0.6 is 11.6 Å². The number of carbonyl (C=O) groups is 1. The van der Waals surface area contributed by atoms with E-state index in [4.69, 9.17) is 21.1 Å². The van der Waals surface area contributed by atoms with Crippen LogP contribution in [0.3, 0.4) is 0 Å². The first-order chi connectivity index (χ1) is 12.4. The first kappa shape index (κ1) is 20.0. The molecule has 2 rings (SSSR count). The van der Waals surface area contributed by atoms with E-state index < -0.39 is 0 Å². The number of aryl methyl sites for hydroxylation is 1. The van der Waals surface area contributed by atoms with Crippen molar-refractivity contribution in [2.75, 3.05) is 25.1 Å². The van der Waals surface area contributed by atoms with Crippen molar-refractivity contribution in [3.63, 3.8) is 0 Å². The number of halogens is 1. The van der Waals surface area contributed by atoms with Gasteiger partial charge in [-0.25, -0.2) is 4.98 Å². The topological polar surface area (TPSA) is 51.7 Å². The second kappa shape index (κ2) is 8.90. The molecule has 1 heterocycles. The second-order valence-electron chi connectivity index (χ2n) is 6.00. The van der Waals surface area contributed by atoms with E-state index >= 15 is 0 Å². The van der Waals surface area contributed by atoms with E-state index in [0.29, 0.717) is 22.1 Å². The molecule has 0 aliphatic carbocycles. The summed E-state index contributed by atoms with van der Waals surface area (Å²) in [4.78, 5) is 19.1. The molecule has 0 atom stereocenters. The second-order valence-corrected chi connectivity index (χ2v) is 6.43. The van der Waals surface area contributed by atoms with E-state index in [0.717, 1.165) is 30.9 Å². The van der Waals surface area contributed by atoms with Gasteiger partial charge in [0.2, 0.25) is 5.88 Å². The average Bonchev–Trinajstić information content (AvgIpc) is 2.60. The zero-order valence-corrected chi connectivity index (χ0v) is 16.7.